The van der Waals surface area contributed by atoms with Crippen LogP contribution in [-0.4, -0.2) is 64.5 Å². The minimum atomic E-state index is -0.760. The number of ketones is 1. The van der Waals surface area contributed by atoms with Gasteiger partial charge in [-0.25, -0.2) is 9.18 Å². The average Bonchev–Trinajstić information content (AvgIpc) is 3.38. The zero-order valence-electron chi connectivity index (χ0n) is 20.8. The van der Waals surface area contributed by atoms with E-state index in [-0.39, 0.29) is 24.0 Å². The Hall–Kier alpha value is -4.79. The van der Waals surface area contributed by atoms with Crippen LogP contribution in [-0.2, 0) is 4.79 Å². The van der Waals surface area contributed by atoms with Gasteiger partial charge in [-0.05, 0) is 31.2 Å². The standard InChI is InChI=1S/C29H26FN5O3/c1-19-10-12-21(13-11-19)32-29(38)33-27(20-6-3-2-4-7-20)34-14-16-35(17-15-34)28(37)26(36)22-18-31-24-9-5-8-23(30)25(22)24/h2-13,18,31H,14-17H2,1H3,(H,32,38). The molecule has 0 aliphatic carbocycles. The Morgan fingerprint density at radius 1 is 0.868 bits per heavy atom. The maximum absolute atomic E-state index is 14.4. The van der Waals surface area contributed by atoms with Crippen LogP contribution >= 0.6 is 0 Å². The van der Waals surface area contributed by atoms with Crippen LogP contribution in [0.3, 0.4) is 0 Å². The number of piperazine rings is 1. The number of aryl methyl sites for hydroxylation is 1. The van der Waals surface area contributed by atoms with Crippen molar-refractivity contribution in [2.24, 2.45) is 4.99 Å². The molecular weight excluding hydrogens is 485 g/mol. The predicted octanol–water partition coefficient (Wildman–Crippen LogP) is 4.62. The largest absolute Gasteiger partial charge is 0.360 e. The highest BCUT2D eigenvalue weighted by atomic mass is 19.1. The number of H-pyrrole nitrogens is 1. The van der Waals surface area contributed by atoms with Crippen LogP contribution < -0.4 is 5.32 Å². The van der Waals surface area contributed by atoms with Crippen molar-refractivity contribution < 1.29 is 18.8 Å². The van der Waals surface area contributed by atoms with Gasteiger partial charge in [-0.1, -0.05) is 54.1 Å². The lowest BCUT2D eigenvalue weighted by Gasteiger charge is -2.36. The molecule has 0 radical (unpaired) electrons. The van der Waals surface area contributed by atoms with Gasteiger partial charge in [-0.2, -0.15) is 4.99 Å². The number of rotatable bonds is 4. The van der Waals surface area contributed by atoms with E-state index in [9.17, 15) is 18.8 Å². The Morgan fingerprint density at radius 2 is 1.55 bits per heavy atom. The summed E-state index contributed by atoms with van der Waals surface area (Å²) in [5.74, 6) is -1.53. The van der Waals surface area contributed by atoms with E-state index in [4.69, 9.17) is 0 Å². The normalized spacial score (nSPS) is 14.0. The number of amidine groups is 1. The van der Waals surface area contributed by atoms with Crippen LogP contribution in [0, 0.1) is 12.7 Å². The fourth-order valence-electron chi connectivity index (χ4n) is 4.49. The van der Waals surface area contributed by atoms with Gasteiger partial charge in [0, 0.05) is 54.5 Å². The van der Waals surface area contributed by atoms with Gasteiger partial charge in [0.2, 0.25) is 0 Å². The molecular formula is C29H26FN5O3. The summed E-state index contributed by atoms with van der Waals surface area (Å²) >= 11 is 0. The van der Waals surface area contributed by atoms with Gasteiger partial charge in [0.1, 0.15) is 11.7 Å². The third-order valence-electron chi connectivity index (χ3n) is 6.50. The zero-order valence-corrected chi connectivity index (χ0v) is 20.8. The number of anilines is 1. The number of aromatic nitrogens is 1. The molecule has 2 N–H and O–H groups in total. The number of halogens is 1. The van der Waals surface area contributed by atoms with E-state index in [0.717, 1.165) is 11.1 Å². The van der Waals surface area contributed by atoms with E-state index in [1.54, 1.807) is 6.07 Å². The fourth-order valence-corrected chi connectivity index (χ4v) is 4.49. The number of Topliss-reactive ketones (excluding diaryl/α,β-unsaturated/α-hetero) is 1. The third-order valence-corrected chi connectivity index (χ3v) is 6.50. The Kier molecular flexibility index (Phi) is 6.99. The number of nitrogens with zero attached hydrogens (tertiary/aromatic N) is 3. The van der Waals surface area contributed by atoms with E-state index in [2.05, 4.69) is 15.3 Å². The van der Waals surface area contributed by atoms with Crippen molar-refractivity contribution >= 4 is 40.1 Å². The molecule has 38 heavy (non-hydrogen) atoms. The first-order valence-corrected chi connectivity index (χ1v) is 12.3. The van der Waals surface area contributed by atoms with Crippen LogP contribution in [0.25, 0.3) is 10.9 Å². The van der Waals surface area contributed by atoms with Crippen molar-refractivity contribution in [3.05, 3.63) is 102 Å². The maximum atomic E-state index is 14.4. The molecule has 3 aromatic carbocycles. The van der Waals surface area contributed by atoms with Crippen LogP contribution in [0.1, 0.15) is 21.5 Å². The molecule has 5 rings (SSSR count). The molecule has 0 atom stereocenters. The van der Waals surface area contributed by atoms with Crippen LogP contribution in [0.5, 0.6) is 0 Å². The molecule has 1 aliphatic heterocycles. The number of carbonyl (C=O) groups is 3. The molecule has 1 fully saturated rings. The summed E-state index contributed by atoms with van der Waals surface area (Å²) < 4.78 is 14.4. The number of hydrogen-bond donors (Lipinski definition) is 2. The van der Waals surface area contributed by atoms with Gasteiger partial charge >= 0.3 is 6.03 Å². The number of amides is 3. The second-order valence-electron chi connectivity index (χ2n) is 9.07. The smallest absolute Gasteiger partial charge is 0.347 e. The monoisotopic (exact) mass is 511 g/mol. The number of aromatic amines is 1. The Bertz CT molecular complexity index is 1520. The van der Waals surface area contributed by atoms with Gasteiger partial charge in [-0.3, -0.25) is 9.59 Å². The van der Waals surface area contributed by atoms with Crippen molar-refractivity contribution in [3.63, 3.8) is 0 Å². The lowest BCUT2D eigenvalue weighted by Crippen LogP contribution is -2.52. The highest BCUT2D eigenvalue weighted by Gasteiger charge is 2.30. The number of nitrogens with one attached hydrogen (secondary N) is 2. The van der Waals surface area contributed by atoms with Gasteiger partial charge < -0.3 is 20.1 Å². The number of aliphatic imine (C=N–C) groups is 1. The Morgan fingerprint density at radius 3 is 2.26 bits per heavy atom. The summed E-state index contributed by atoms with van der Waals surface area (Å²) in [6, 6.07) is 20.7. The summed E-state index contributed by atoms with van der Waals surface area (Å²) in [6.07, 6.45) is 1.37. The van der Waals surface area contributed by atoms with Crippen molar-refractivity contribution in [1.82, 2.24) is 14.8 Å². The van der Waals surface area contributed by atoms with Crippen molar-refractivity contribution in [2.45, 2.75) is 6.92 Å². The molecule has 8 nitrogen and oxygen atoms in total. The van der Waals surface area contributed by atoms with Crippen LogP contribution in [0.2, 0.25) is 0 Å². The first-order chi connectivity index (χ1) is 18.4. The van der Waals surface area contributed by atoms with Gasteiger partial charge in [0.25, 0.3) is 11.7 Å². The topological polar surface area (TPSA) is 97.9 Å². The molecule has 2 heterocycles. The van der Waals surface area contributed by atoms with E-state index in [1.807, 2.05) is 66.4 Å². The van der Waals surface area contributed by atoms with Crippen molar-refractivity contribution in [2.75, 3.05) is 31.5 Å². The van der Waals surface area contributed by atoms with Crippen LogP contribution in [0.15, 0.2) is 84.0 Å². The van der Waals surface area contributed by atoms with E-state index in [1.165, 1.54) is 23.2 Å². The molecule has 1 saturated heterocycles. The third kappa shape index (κ3) is 5.17. The molecule has 3 amide bonds. The number of carbonyl (C=O) groups excluding carboxylic acids is 3. The molecule has 1 aromatic heterocycles. The summed E-state index contributed by atoms with van der Waals surface area (Å²) in [5, 5.41) is 2.90. The summed E-state index contributed by atoms with van der Waals surface area (Å²) in [6.45, 7) is 3.20. The number of fused-ring (bicyclic) bond motifs is 1. The predicted molar refractivity (Wildman–Crippen MR) is 144 cm³/mol. The number of benzene rings is 3. The van der Waals surface area contributed by atoms with Gasteiger partial charge in [0.15, 0.2) is 0 Å². The lowest BCUT2D eigenvalue weighted by molar-refractivity contribution is -0.127. The molecule has 0 spiro atoms. The minimum Gasteiger partial charge on any atom is -0.360 e. The van der Waals surface area contributed by atoms with Gasteiger partial charge in [0.05, 0.1) is 5.56 Å². The number of urea groups is 1. The van der Waals surface area contributed by atoms with Crippen molar-refractivity contribution in [3.8, 4) is 0 Å². The Labute approximate surface area is 218 Å². The first kappa shape index (κ1) is 24.9. The first-order valence-electron chi connectivity index (χ1n) is 12.3. The van der Waals surface area contributed by atoms with E-state index >= 15 is 0 Å². The minimum absolute atomic E-state index is 0.0184. The Balaban J connectivity index is 1.31. The van der Waals surface area contributed by atoms with Crippen LogP contribution in [0.4, 0.5) is 14.9 Å². The molecule has 0 unspecified atom stereocenters. The highest BCUT2D eigenvalue weighted by molar-refractivity contribution is 6.44. The fraction of sp³-hybridized carbons (Fsp3) is 0.172. The summed E-state index contributed by atoms with van der Waals surface area (Å²) in [5.41, 5.74) is 2.96. The van der Waals surface area contributed by atoms with E-state index in [0.29, 0.717) is 30.1 Å². The van der Waals surface area contributed by atoms with Crippen molar-refractivity contribution in [1.29, 1.82) is 0 Å². The molecule has 9 heteroatoms. The second kappa shape index (κ2) is 10.7. The molecule has 0 bridgehead atoms. The SMILES string of the molecule is Cc1ccc(NC(=O)N=C(c2ccccc2)N2CCN(C(=O)C(=O)c3c[nH]c4cccc(F)c34)CC2)cc1. The molecule has 0 saturated carbocycles. The maximum Gasteiger partial charge on any atom is 0.347 e. The lowest BCUT2D eigenvalue weighted by atomic mass is 10.1. The second-order valence-corrected chi connectivity index (χ2v) is 9.07. The average molecular weight is 512 g/mol. The molecule has 4 aromatic rings. The molecule has 1 aliphatic rings. The number of hydrogen-bond acceptors (Lipinski definition) is 3. The zero-order chi connectivity index (χ0) is 26.6. The van der Waals surface area contributed by atoms with E-state index < -0.39 is 23.5 Å². The van der Waals surface area contributed by atoms with Gasteiger partial charge in [-0.15, -0.1) is 0 Å². The molecule has 192 valence electrons. The quantitative estimate of drug-likeness (QED) is 0.181. The summed E-state index contributed by atoms with van der Waals surface area (Å²) in [7, 11) is 0. The highest BCUT2D eigenvalue weighted by Crippen LogP contribution is 2.23. The summed E-state index contributed by atoms with van der Waals surface area (Å²) in [4.78, 5) is 49.4.